The van der Waals surface area contributed by atoms with Gasteiger partial charge in [0.15, 0.2) is 0 Å². The number of hydrogen-bond donors (Lipinski definition) is 2. The van der Waals surface area contributed by atoms with Crippen LogP contribution < -0.4 is 10.5 Å². The minimum absolute atomic E-state index is 0.175. The van der Waals surface area contributed by atoms with Crippen molar-refractivity contribution in [2.45, 2.75) is 11.8 Å². The van der Waals surface area contributed by atoms with E-state index in [-0.39, 0.29) is 22.3 Å². The Morgan fingerprint density at radius 1 is 1.40 bits per heavy atom. The predicted molar refractivity (Wildman–Crippen MR) is 82.9 cm³/mol. The molecule has 0 spiro atoms. The molecule has 1 unspecified atom stereocenters. The van der Waals surface area contributed by atoms with Crippen molar-refractivity contribution in [3.05, 3.63) is 36.5 Å². The van der Waals surface area contributed by atoms with Crippen molar-refractivity contribution in [2.24, 2.45) is 11.7 Å². The molecule has 0 saturated heterocycles. The first-order valence-corrected chi connectivity index (χ1v) is 7.93. The number of nitrogens with two attached hydrogens (primary N) is 1. The molecule has 0 saturated carbocycles. The van der Waals surface area contributed by atoms with Gasteiger partial charge < -0.3 is 5.73 Å². The van der Waals surface area contributed by atoms with E-state index in [0.29, 0.717) is 10.9 Å². The maximum Gasteiger partial charge on any atom is 0.241 e. The average Bonchev–Trinajstić information content (AvgIpc) is 2.44. The van der Waals surface area contributed by atoms with Gasteiger partial charge in [0.2, 0.25) is 10.0 Å². The van der Waals surface area contributed by atoms with E-state index < -0.39 is 10.0 Å². The highest BCUT2D eigenvalue weighted by atomic mass is 32.2. The Morgan fingerprint density at radius 2 is 2.15 bits per heavy atom. The van der Waals surface area contributed by atoms with E-state index >= 15 is 0 Å². The first-order chi connectivity index (χ1) is 9.42. The van der Waals surface area contributed by atoms with Crippen LogP contribution in [0.1, 0.15) is 6.92 Å². The average molecular weight is 309 g/mol. The van der Waals surface area contributed by atoms with Gasteiger partial charge in [0.05, 0.1) is 15.4 Å². The fourth-order valence-corrected chi connectivity index (χ4v) is 3.15. The number of rotatable bonds is 5. The van der Waals surface area contributed by atoms with Crippen LogP contribution in [0, 0.1) is 5.92 Å². The second-order valence-electron chi connectivity index (χ2n) is 4.48. The number of benzene rings is 1. The Labute approximate surface area is 123 Å². The smallest absolute Gasteiger partial charge is 0.241 e. The van der Waals surface area contributed by atoms with Crippen LogP contribution in [0.4, 0.5) is 0 Å². The summed E-state index contributed by atoms with van der Waals surface area (Å²) in [5, 5.41) is 0.588. The topological polar surface area (TPSA) is 85.1 Å². The van der Waals surface area contributed by atoms with E-state index in [9.17, 15) is 8.42 Å². The molecule has 106 valence electrons. The molecule has 0 aliphatic rings. The molecule has 0 fully saturated rings. The van der Waals surface area contributed by atoms with Crippen LogP contribution in [0.25, 0.3) is 10.9 Å². The normalized spacial score (nSPS) is 13.2. The van der Waals surface area contributed by atoms with Crippen molar-refractivity contribution in [2.75, 3.05) is 6.54 Å². The summed E-state index contributed by atoms with van der Waals surface area (Å²) in [7, 11) is -3.62. The van der Waals surface area contributed by atoms with Crippen molar-refractivity contribution in [1.29, 1.82) is 0 Å². The van der Waals surface area contributed by atoms with E-state index in [4.69, 9.17) is 18.0 Å². The second-order valence-corrected chi connectivity index (χ2v) is 6.69. The summed E-state index contributed by atoms with van der Waals surface area (Å²) in [6.45, 7) is 1.95. The molecule has 1 aromatic heterocycles. The summed E-state index contributed by atoms with van der Waals surface area (Å²) in [5.74, 6) is -0.201. The molecule has 1 heterocycles. The van der Waals surface area contributed by atoms with E-state index in [2.05, 4.69) is 9.71 Å². The van der Waals surface area contributed by atoms with Crippen molar-refractivity contribution in [1.82, 2.24) is 9.71 Å². The lowest BCUT2D eigenvalue weighted by Gasteiger charge is -2.12. The molecular formula is C13H15N3O2S2. The number of hydrogen-bond acceptors (Lipinski definition) is 4. The summed E-state index contributed by atoms with van der Waals surface area (Å²) >= 11 is 4.83. The molecule has 2 aromatic rings. The monoisotopic (exact) mass is 309 g/mol. The van der Waals surface area contributed by atoms with Gasteiger partial charge in [-0.2, -0.15) is 0 Å². The SMILES string of the molecule is CC(CNS(=O)(=O)c1cccc2ncccc12)C(N)=S. The van der Waals surface area contributed by atoms with Crippen LogP contribution in [0.5, 0.6) is 0 Å². The number of sulfonamides is 1. The zero-order chi connectivity index (χ0) is 14.8. The van der Waals surface area contributed by atoms with Crippen LogP contribution in [0.15, 0.2) is 41.4 Å². The van der Waals surface area contributed by atoms with E-state index in [0.717, 1.165) is 0 Å². The number of nitrogens with one attached hydrogen (secondary N) is 1. The highest BCUT2D eigenvalue weighted by molar-refractivity contribution is 7.89. The van der Waals surface area contributed by atoms with E-state index in [1.54, 1.807) is 43.5 Å². The Balaban J connectivity index is 2.35. The number of fused-ring (bicyclic) bond motifs is 1. The van der Waals surface area contributed by atoms with Gasteiger partial charge in [-0.15, -0.1) is 0 Å². The molecule has 0 bridgehead atoms. The quantitative estimate of drug-likeness (QED) is 0.816. The Hall–Kier alpha value is -1.57. The molecule has 1 atom stereocenters. The minimum Gasteiger partial charge on any atom is -0.393 e. The molecule has 20 heavy (non-hydrogen) atoms. The zero-order valence-corrected chi connectivity index (χ0v) is 12.5. The lowest BCUT2D eigenvalue weighted by Crippen LogP contribution is -2.33. The van der Waals surface area contributed by atoms with Gasteiger partial charge in [0, 0.05) is 24.0 Å². The van der Waals surface area contributed by atoms with Gasteiger partial charge in [0.1, 0.15) is 0 Å². The Bertz CT molecular complexity index is 739. The highest BCUT2D eigenvalue weighted by Gasteiger charge is 2.18. The first kappa shape index (κ1) is 14.8. The van der Waals surface area contributed by atoms with Crippen LogP contribution in [0.3, 0.4) is 0 Å². The van der Waals surface area contributed by atoms with Crippen molar-refractivity contribution < 1.29 is 8.42 Å². The number of aromatic nitrogens is 1. The molecule has 0 aliphatic heterocycles. The molecule has 0 amide bonds. The van der Waals surface area contributed by atoms with Gasteiger partial charge >= 0.3 is 0 Å². The van der Waals surface area contributed by atoms with Crippen LogP contribution in [-0.2, 0) is 10.0 Å². The maximum atomic E-state index is 12.4. The van der Waals surface area contributed by atoms with Gasteiger partial charge in [-0.05, 0) is 24.3 Å². The highest BCUT2D eigenvalue weighted by Crippen LogP contribution is 2.20. The Morgan fingerprint density at radius 3 is 2.85 bits per heavy atom. The zero-order valence-electron chi connectivity index (χ0n) is 10.9. The second kappa shape index (κ2) is 5.82. The number of nitrogens with zero attached hydrogens (tertiary/aromatic N) is 1. The maximum absolute atomic E-state index is 12.4. The summed E-state index contributed by atoms with van der Waals surface area (Å²) in [4.78, 5) is 4.64. The standard InChI is InChI=1S/C13H15N3O2S2/c1-9(13(14)19)8-16-20(17,18)12-6-2-5-11-10(12)4-3-7-15-11/h2-7,9,16H,8H2,1H3,(H2,14,19). The summed E-state index contributed by atoms with van der Waals surface area (Å²) in [6.07, 6.45) is 1.63. The molecule has 0 radical (unpaired) electrons. The molecule has 5 nitrogen and oxygen atoms in total. The van der Waals surface area contributed by atoms with E-state index in [1.165, 1.54) is 0 Å². The molecule has 2 rings (SSSR count). The Kier molecular flexibility index (Phi) is 4.32. The fraction of sp³-hybridized carbons (Fsp3) is 0.231. The van der Waals surface area contributed by atoms with Gasteiger partial charge in [-0.25, -0.2) is 13.1 Å². The van der Waals surface area contributed by atoms with Crippen LogP contribution >= 0.6 is 12.2 Å². The fourth-order valence-electron chi connectivity index (χ4n) is 1.72. The lowest BCUT2D eigenvalue weighted by atomic mass is 10.2. The minimum atomic E-state index is -3.62. The molecule has 7 heteroatoms. The van der Waals surface area contributed by atoms with E-state index in [1.807, 2.05) is 0 Å². The van der Waals surface area contributed by atoms with Gasteiger partial charge in [-0.1, -0.05) is 25.2 Å². The lowest BCUT2D eigenvalue weighted by molar-refractivity contribution is 0.576. The number of thiocarbonyl (C=S) groups is 1. The first-order valence-electron chi connectivity index (χ1n) is 6.04. The van der Waals surface area contributed by atoms with Gasteiger partial charge in [0.25, 0.3) is 0 Å². The van der Waals surface area contributed by atoms with Crippen molar-refractivity contribution in [3.8, 4) is 0 Å². The molecular weight excluding hydrogens is 294 g/mol. The third-order valence-corrected chi connectivity index (χ3v) is 4.84. The summed E-state index contributed by atoms with van der Waals surface area (Å²) < 4.78 is 27.2. The predicted octanol–water partition coefficient (Wildman–Crippen LogP) is 1.44. The van der Waals surface area contributed by atoms with Crippen LogP contribution in [-0.4, -0.2) is 24.9 Å². The van der Waals surface area contributed by atoms with Crippen molar-refractivity contribution in [3.63, 3.8) is 0 Å². The molecule has 3 N–H and O–H groups in total. The summed E-state index contributed by atoms with van der Waals surface area (Å²) in [5.41, 5.74) is 6.12. The third kappa shape index (κ3) is 3.12. The van der Waals surface area contributed by atoms with Crippen LogP contribution in [0.2, 0.25) is 0 Å². The third-order valence-electron chi connectivity index (χ3n) is 2.96. The van der Waals surface area contributed by atoms with Crippen molar-refractivity contribution >= 4 is 38.1 Å². The largest absolute Gasteiger partial charge is 0.393 e. The number of pyridine rings is 1. The molecule has 0 aliphatic carbocycles. The molecule has 1 aromatic carbocycles. The summed E-state index contributed by atoms with van der Waals surface area (Å²) in [6, 6.07) is 8.43. The van der Waals surface area contributed by atoms with Gasteiger partial charge in [-0.3, -0.25) is 4.98 Å².